The lowest BCUT2D eigenvalue weighted by molar-refractivity contribution is 0.959. The van der Waals surface area contributed by atoms with Crippen molar-refractivity contribution in [2.75, 3.05) is 24.1 Å². The van der Waals surface area contributed by atoms with Gasteiger partial charge in [0.1, 0.15) is 5.40 Å². The molecule has 0 saturated heterocycles. The van der Waals surface area contributed by atoms with Gasteiger partial charge in [0.25, 0.3) is 0 Å². The van der Waals surface area contributed by atoms with Gasteiger partial charge in [-0.25, -0.2) is 0 Å². The average molecular weight is 235 g/mol. The zero-order valence-corrected chi connectivity index (χ0v) is 9.54. The Kier molecular flexibility index (Phi) is 5.02. The van der Waals surface area contributed by atoms with E-state index in [0.29, 0.717) is 0 Å². The van der Waals surface area contributed by atoms with E-state index in [2.05, 4.69) is 28.3 Å². The van der Waals surface area contributed by atoms with Crippen LogP contribution < -0.4 is 16.4 Å². The molecule has 0 spiro atoms. The van der Waals surface area contributed by atoms with Crippen LogP contribution >= 0.6 is 12.6 Å². The highest BCUT2D eigenvalue weighted by atomic mass is 32.1. The number of nitrogens with one attached hydrogen (secondary N) is 2. The second kappa shape index (κ2) is 6.58. The summed E-state index contributed by atoms with van der Waals surface area (Å²) in [6.45, 7) is 1.73. The number of anilines is 2. The Balaban J connectivity index is 0.000000386. The minimum Gasteiger partial charge on any atom is -0.397 e. The smallest absolute Gasteiger partial charge is 0.195 e. The first-order valence-corrected chi connectivity index (χ1v) is 5.15. The molecule has 0 saturated carbocycles. The molecule has 0 unspecified atom stereocenters. The van der Waals surface area contributed by atoms with Crippen molar-refractivity contribution < 1.29 is 0 Å². The topological polar surface area (TPSA) is 86.2 Å². The fraction of sp³-hybridized carbons (Fsp3) is 0.200. The van der Waals surface area contributed by atoms with Gasteiger partial charge in [-0.3, -0.25) is 4.99 Å². The molecule has 1 aliphatic heterocycles. The first-order chi connectivity index (χ1) is 7.77. The summed E-state index contributed by atoms with van der Waals surface area (Å²) in [5.74, 6) is 0.804. The lowest BCUT2D eigenvalue weighted by Crippen LogP contribution is -2.26. The SMILES string of the molecule is N#CS.Nc1ccccc1NC1=NCCN1. The van der Waals surface area contributed by atoms with Gasteiger partial charge in [-0.1, -0.05) is 24.8 Å². The van der Waals surface area contributed by atoms with Gasteiger partial charge in [-0.15, -0.1) is 0 Å². The molecule has 1 aliphatic rings. The fourth-order valence-electron chi connectivity index (χ4n) is 1.22. The number of guanidine groups is 1. The zero-order valence-electron chi connectivity index (χ0n) is 8.64. The summed E-state index contributed by atoms with van der Waals surface area (Å²) >= 11 is 3.09. The molecule has 84 valence electrons. The zero-order chi connectivity index (χ0) is 11.8. The highest BCUT2D eigenvalue weighted by molar-refractivity contribution is 7.85. The Labute approximate surface area is 99.8 Å². The first-order valence-electron chi connectivity index (χ1n) is 4.71. The molecule has 0 bridgehead atoms. The third-order valence-electron chi connectivity index (χ3n) is 1.89. The van der Waals surface area contributed by atoms with E-state index in [1.165, 1.54) is 5.40 Å². The van der Waals surface area contributed by atoms with Gasteiger partial charge in [0.05, 0.1) is 17.9 Å². The molecular formula is C10H13N5S. The van der Waals surface area contributed by atoms with Gasteiger partial charge in [-0.2, -0.15) is 5.26 Å². The van der Waals surface area contributed by atoms with Gasteiger partial charge >= 0.3 is 0 Å². The third-order valence-corrected chi connectivity index (χ3v) is 1.89. The number of hydrogen-bond donors (Lipinski definition) is 4. The van der Waals surface area contributed by atoms with E-state index >= 15 is 0 Å². The highest BCUT2D eigenvalue weighted by Crippen LogP contribution is 2.16. The van der Waals surface area contributed by atoms with Crippen LogP contribution in [0, 0.1) is 10.7 Å². The lowest BCUT2D eigenvalue weighted by atomic mass is 10.3. The summed E-state index contributed by atoms with van der Waals surface area (Å²) in [5, 5.41) is 14.9. The monoisotopic (exact) mass is 235 g/mol. The predicted molar refractivity (Wildman–Crippen MR) is 69.4 cm³/mol. The summed E-state index contributed by atoms with van der Waals surface area (Å²) in [6.07, 6.45) is 0. The van der Waals surface area contributed by atoms with Gasteiger partial charge < -0.3 is 16.4 Å². The van der Waals surface area contributed by atoms with Gasteiger partial charge in [0, 0.05) is 6.54 Å². The maximum Gasteiger partial charge on any atom is 0.195 e. The van der Waals surface area contributed by atoms with Crippen molar-refractivity contribution in [2.24, 2.45) is 4.99 Å². The highest BCUT2D eigenvalue weighted by Gasteiger charge is 2.05. The number of nitrogen functional groups attached to an aromatic ring is 1. The Bertz CT molecular complexity index is 410. The Hall–Kier alpha value is -1.87. The number of benzene rings is 1. The third kappa shape index (κ3) is 3.71. The van der Waals surface area contributed by atoms with Crippen LogP contribution in [0.1, 0.15) is 0 Å². The number of thiol groups is 1. The number of nitrogens with zero attached hydrogens (tertiary/aromatic N) is 2. The van der Waals surface area contributed by atoms with Gasteiger partial charge in [-0.05, 0) is 12.1 Å². The van der Waals surface area contributed by atoms with Gasteiger partial charge in [0.15, 0.2) is 5.96 Å². The van der Waals surface area contributed by atoms with Crippen molar-refractivity contribution in [3.05, 3.63) is 24.3 Å². The molecule has 6 heteroatoms. The Morgan fingerprint density at radius 1 is 1.50 bits per heavy atom. The first kappa shape index (κ1) is 12.2. The lowest BCUT2D eigenvalue weighted by Gasteiger charge is -2.08. The van der Waals surface area contributed by atoms with Crippen LogP contribution in [0.2, 0.25) is 0 Å². The van der Waals surface area contributed by atoms with E-state index < -0.39 is 0 Å². The van der Waals surface area contributed by atoms with Crippen molar-refractivity contribution in [3.63, 3.8) is 0 Å². The molecule has 5 nitrogen and oxygen atoms in total. The van der Waals surface area contributed by atoms with Crippen LogP contribution in [-0.2, 0) is 0 Å². The fourth-order valence-corrected chi connectivity index (χ4v) is 1.22. The van der Waals surface area contributed by atoms with E-state index in [-0.39, 0.29) is 0 Å². The number of rotatable bonds is 1. The normalized spacial score (nSPS) is 12.6. The summed E-state index contributed by atoms with van der Waals surface area (Å²) in [5.41, 5.74) is 7.39. The standard InChI is InChI=1S/C9H12N4.CHNS/c10-7-3-1-2-4-8(7)13-9-11-5-6-12-9;2-1-3/h1-4H,5-6,10H2,(H2,11,12,13);3H. The number of nitrogens with two attached hydrogens (primary N) is 1. The molecule has 1 aromatic carbocycles. The minimum atomic E-state index is 0.735. The maximum atomic E-state index is 7.18. The molecule has 0 aliphatic carbocycles. The molecular weight excluding hydrogens is 222 g/mol. The quantitative estimate of drug-likeness (QED) is 0.333. The van der Waals surface area contributed by atoms with Crippen LogP contribution in [0.5, 0.6) is 0 Å². The molecule has 2 rings (SSSR count). The van der Waals surface area contributed by atoms with Gasteiger partial charge in [0.2, 0.25) is 0 Å². The van der Waals surface area contributed by atoms with Crippen molar-refractivity contribution in [1.82, 2.24) is 5.32 Å². The van der Waals surface area contributed by atoms with Crippen LogP contribution in [-0.4, -0.2) is 19.0 Å². The molecule has 1 aromatic rings. The number of hydrogen-bond acceptors (Lipinski definition) is 6. The molecule has 16 heavy (non-hydrogen) atoms. The Morgan fingerprint density at radius 2 is 2.19 bits per heavy atom. The number of para-hydroxylation sites is 2. The summed E-state index contributed by atoms with van der Waals surface area (Å²) < 4.78 is 0. The van der Waals surface area contributed by atoms with E-state index in [0.717, 1.165) is 30.4 Å². The van der Waals surface area contributed by atoms with Crippen LogP contribution in [0.4, 0.5) is 11.4 Å². The molecule has 0 aromatic heterocycles. The number of thiocyanates is 1. The minimum absolute atomic E-state index is 0.735. The summed E-state index contributed by atoms with van der Waals surface area (Å²) in [4.78, 5) is 4.21. The summed E-state index contributed by atoms with van der Waals surface area (Å²) in [6, 6.07) is 7.63. The summed E-state index contributed by atoms with van der Waals surface area (Å²) in [7, 11) is 0. The molecule has 1 heterocycles. The molecule has 0 amide bonds. The van der Waals surface area contributed by atoms with Crippen LogP contribution in [0.25, 0.3) is 0 Å². The van der Waals surface area contributed by atoms with Crippen LogP contribution in [0.15, 0.2) is 29.3 Å². The van der Waals surface area contributed by atoms with Crippen molar-refractivity contribution in [3.8, 4) is 5.40 Å². The molecule has 0 radical (unpaired) electrons. The van der Waals surface area contributed by atoms with Crippen LogP contribution in [0.3, 0.4) is 0 Å². The second-order valence-corrected chi connectivity index (χ2v) is 3.17. The predicted octanol–water partition coefficient (Wildman–Crippen LogP) is 1.04. The second-order valence-electron chi connectivity index (χ2n) is 2.97. The van der Waals surface area contributed by atoms with Crippen molar-refractivity contribution >= 4 is 30.0 Å². The van der Waals surface area contributed by atoms with E-state index in [9.17, 15) is 0 Å². The van der Waals surface area contributed by atoms with E-state index in [4.69, 9.17) is 11.0 Å². The largest absolute Gasteiger partial charge is 0.397 e. The molecule has 0 atom stereocenters. The maximum absolute atomic E-state index is 7.18. The Morgan fingerprint density at radius 3 is 2.75 bits per heavy atom. The van der Waals surface area contributed by atoms with E-state index in [1.807, 2.05) is 24.3 Å². The number of aliphatic imine (C=N–C) groups is 1. The van der Waals surface area contributed by atoms with E-state index in [1.54, 1.807) is 0 Å². The van der Waals surface area contributed by atoms with Crippen molar-refractivity contribution in [1.29, 1.82) is 5.26 Å². The number of nitriles is 1. The van der Waals surface area contributed by atoms with Crippen molar-refractivity contribution in [2.45, 2.75) is 0 Å². The average Bonchev–Trinajstić information content (AvgIpc) is 2.75. The molecule has 4 N–H and O–H groups in total. The molecule has 0 fully saturated rings.